The van der Waals surface area contributed by atoms with E-state index in [4.69, 9.17) is 23.7 Å². The zero-order valence-corrected chi connectivity index (χ0v) is 27.1. The molecule has 3 heterocycles. The van der Waals surface area contributed by atoms with Crippen LogP contribution in [0.1, 0.15) is 31.8 Å². The molecule has 0 radical (unpaired) electrons. The number of ether oxygens (including phenoxy) is 5. The van der Waals surface area contributed by atoms with Gasteiger partial charge in [0.1, 0.15) is 11.5 Å². The Morgan fingerprint density at radius 3 is 2.04 bits per heavy atom. The first-order chi connectivity index (χ1) is 23.3. The normalized spacial score (nSPS) is 21.6. The maximum Gasteiger partial charge on any atom is 0.238 e. The van der Waals surface area contributed by atoms with Crippen LogP contribution in [0.3, 0.4) is 0 Å². The van der Waals surface area contributed by atoms with Gasteiger partial charge in [-0.2, -0.15) is 0 Å². The number of benzene rings is 4. The van der Waals surface area contributed by atoms with Crippen molar-refractivity contribution in [3.05, 3.63) is 107 Å². The summed E-state index contributed by atoms with van der Waals surface area (Å²) < 4.78 is 27.7. The van der Waals surface area contributed by atoms with Gasteiger partial charge in [-0.1, -0.05) is 48.6 Å². The molecule has 244 valence electrons. The Bertz CT molecular complexity index is 1980. The number of anilines is 2. The zero-order valence-electron chi connectivity index (χ0n) is 27.1. The van der Waals surface area contributed by atoms with Crippen LogP contribution in [0.2, 0.25) is 0 Å². The maximum absolute atomic E-state index is 15.3. The lowest BCUT2D eigenvalue weighted by atomic mass is 9.64. The summed E-state index contributed by atoms with van der Waals surface area (Å²) in [6.45, 7) is 0. The number of carbonyl (C=O) groups is 3. The first-order valence-electron chi connectivity index (χ1n) is 15.4. The van der Waals surface area contributed by atoms with Gasteiger partial charge in [-0.3, -0.25) is 14.4 Å². The van der Waals surface area contributed by atoms with Crippen molar-refractivity contribution in [2.45, 2.75) is 17.5 Å². The predicted molar refractivity (Wildman–Crippen MR) is 180 cm³/mol. The second-order valence-electron chi connectivity index (χ2n) is 11.8. The van der Waals surface area contributed by atoms with Gasteiger partial charge in [0.05, 0.1) is 47.5 Å². The molecule has 48 heavy (non-hydrogen) atoms. The van der Waals surface area contributed by atoms with E-state index in [1.54, 1.807) is 30.3 Å². The van der Waals surface area contributed by atoms with E-state index in [0.717, 1.165) is 11.3 Å². The first-order valence-corrected chi connectivity index (χ1v) is 15.4. The molecule has 1 saturated heterocycles. The second-order valence-corrected chi connectivity index (χ2v) is 11.8. The number of nitrogens with zero attached hydrogens (tertiary/aromatic N) is 1. The van der Waals surface area contributed by atoms with Crippen molar-refractivity contribution < 1.29 is 38.1 Å². The van der Waals surface area contributed by atoms with E-state index in [0.29, 0.717) is 34.1 Å². The van der Waals surface area contributed by atoms with E-state index in [2.05, 4.69) is 5.32 Å². The topological polar surface area (TPSA) is 113 Å². The Morgan fingerprint density at radius 1 is 0.708 bits per heavy atom. The first kappa shape index (κ1) is 30.9. The fourth-order valence-electron chi connectivity index (χ4n) is 7.68. The van der Waals surface area contributed by atoms with Gasteiger partial charge in [0.15, 0.2) is 34.6 Å². The molecule has 7 rings (SSSR count). The minimum atomic E-state index is -1.49. The summed E-state index contributed by atoms with van der Waals surface area (Å²) in [4.78, 5) is 47.1. The number of methoxy groups -OCH3 is 5. The van der Waals surface area contributed by atoms with Crippen LogP contribution in [0.5, 0.6) is 28.7 Å². The number of ketones is 2. The molecule has 10 heteroatoms. The number of rotatable bonds is 9. The predicted octanol–water partition coefficient (Wildman–Crippen LogP) is 5.59. The molecule has 4 atom stereocenters. The fourth-order valence-corrected chi connectivity index (χ4v) is 7.68. The zero-order chi connectivity index (χ0) is 33.7. The van der Waals surface area contributed by atoms with Gasteiger partial charge >= 0.3 is 0 Å². The molecular weight excluding hydrogens is 612 g/mol. The number of nitrogens with one attached hydrogen (secondary N) is 1. The van der Waals surface area contributed by atoms with Gasteiger partial charge in [-0.15, -0.1) is 0 Å². The highest BCUT2D eigenvalue weighted by Crippen LogP contribution is 2.58. The third-order valence-electron chi connectivity index (χ3n) is 9.71. The third kappa shape index (κ3) is 4.28. The maximum atomic E-state index is 15.3. The van der Waals surface area contributed by atoms with Gasteiger partial charge in [-0.05, 0) is 53.6 Å². The van der Waals surface area contributed by atoms with E-state index in [9.17, 15) is 4.79 Å². The third-order valence-corrected chi connectivity index (χ3v) is 9.71. The lowest BCUT2D eigenvalue weighted by molar-refractivity contribution is -0.121. The molecule has 10 nitrogen and oxygen atoms in total. The SMILES string of the molecule is COc1ccc(C(=O)[C@@H]2[C@H](C(=O)c3cc(OC)c(OC)c(OC)c3)[C@@]3(C(=O)Nc4ccccc43)[C@H]3C=Cc4ccccc4N23)cc1OC. The second kappa shape index (κ2) is 11.8. The highest BCUT2D eigenvalue weighted by atomic mass is 16.5. The quantitative estimate of drug-likeness (QED) is 0.233. The van der Waals surface area contributed by atoms with Crippen LogP contribution in [0.25, 0.3) is 6.08 Å². The summed E-state index contributed by atoms with van der Waals surface area (Å²) in [7, 11) is 7.43. The number of hydrogen-bond donors (Lipinski definition) is 1. The number of para-hydroxylation sites is 2. The molecule has 0 aromatic heterocycles. The highest BCUT2D eigenvalue weighted by molar-refractivity contribution is 6.18. The molecule has 0 saturated carbocycles. The van der Waals surface area contributed by atoms with Crippen LogP contribution in [0, 0.1) is 5.92 Å². The Kier molecular flexibility index (Phi) is 7.58. The van der Waals surface area contributed by atoms with Crippen molar-refractivity contribution in [3.63, 3.8) is 0 Å². The summed E-state index contributed by atoms with van der Waals surface area (Å²) in [5, 5.41) is 3.05. The number of amides is 1. The van der Waals surface area contributed by atoms with Crippen molar-refractivity contribution in [2.75, 3.05) is 45.8 Å². The van der Waals surface area contributed by atoms with Crippen molar-refractivity contribution >= 4 is 34.9 Å². The Morgan fingerprint density at radius 2 is 1.35 bits per heavy atom. The van der Waals surface area contributed by atoms with Gasteiger partial charge in [0.2, 0.25) is 11.7 Å². The molecule has 4 aromatic carbocycles. The van der Waals surface area contributed by atoms with E-state index in [-0.39, 0.29) is 28.8 Å². The monoisotopic (exact) mass is 646 g/mol. The fraction of sp³-hybridized carbons (Fsp3) is 0.237. The number of fused-ring (bicyclic) bond motifs is 6. The summed E-state index contributed by atoms with van der Waals surface area (Å²) in [5.74, 6) is -0.678. The van der Waals surface area contributed by atoms with Crippen molar-refractivity contribution in [2.24, 2.45) is 5.92 Å². The van der Waals surface area contributed by atoms with Gasteiger partial charge in [-0.25, -0.2) is 0 Å². The summed E-state index contributed by atoms with van der Waals surface area (Å²) in [6, 6.07) is 21.2. The summed E-state index contributed by atoms with van der Waals surface area (Å²) in [5.41, 5.74) is 1.85. The Balaban J connectivity index is 1.53. The standard InChI is InChI=1S/C38H34N2O8/c1-44-27-16-14-22(18-28(27)45-2)35(42)33-32(34(41)23-19-29(46-3)36(48-5)30(20-23)47-4)38(24-11-7-8-12-25(24)39-37(38)43)31-17-15-21-10-6-9-13-26(21)40(31)33/h6-20,31-33H,1-5H3,(H,39,43)/t31-,32-,33+,38+/m1/s1. The van der Waals surface area contributed by atoms with Crippen LogP contribution in [-0.2, 0) is 10.2 Å². The number of Topliss-reactive ketones (excluding diaryl/α,β-unsaturated/α-hetero) is 2. The largest absolute Gasteiger partial charge is 0.493 e. The lowest BCUT2D eigenvalue weighted by Gasteiger charge is -2.37. The average Bonchev–Trinajstić information content (AvgIpc) is 3.61. The molecule has 0 unspecified atom stereocenters. The molecule has 1 amide bonds. The van der Waals surface area contributed by atoms with E-state index < -0.39 is 29.2 Å². The molecule has 0 aliphatic carbocycles. The van der Waals surface area contributed by atoms with Crippen molar-refractivity contribution in [1.29, 1.82) is 0 Å². The Hall–Kier alpha value is -5.77. The summed E-state index contributed by atoms with van der Waals surface area (Å²) >= 11 is 0. The summed E-state index contributed by atoms with van der Waals surface area (Å²) in [6.07, 6.45) is 3.89. The molecule has 3 aliphatic heterocycles. The Labute approximate surface area is 277 Å². The van der Waals surface area contributed by atoms with Crippen LogP contribution < -0.4 is 33.9 Å². The van der Waals surface area contributed by atoms with E-state index in [1.807, 2.05) is 65.6 Å². The lowest BCUT2D eigenvalue weighted by Crippen LogP contribution is -2.51. The average molecular weight is 647 g/mol. The highest BCUT2D eigenvalue weighted by Gasteiger charge is 2.70. The van der Waals surface area contributed by atoms with E-state index >= 15 is 9.59 Å². The molecule has 1 spiro atoms. The number of hydrogen-bond acceptors (Lipinski definition) is 9. The smallest absolute Gasteiger partial charge is 0.238 e. The van der Waals surface area contributed by atoms with Gasteiger partial charge in [0, 0.05) is 22.5 Å². The molecule has 1 fully saturated rings. The van der Waals surface area contributed by atoms with Crippen LogP contribution in [0.15, 0.2) is 84.9 Å². The minimum Gasteiger partial charge on any atom is -0.493 e. The van der Waals surface area contributed by atoms with Gasteiger partial charge in [0.25, 0.3) is 0 Å². The van der Waals surface area contributed by atoms with Gasteiger partial charge < -0.3 is 33.9 Å². The van der Waals surface area contributed by atoms with Crippen molar-refractivity contribution in [1.82, 2.24) is 0 Å². The van der Waals surface area contributed by atoms with Crippen LogP contribution in [-0.4, -0.2) is 65.1 Å². The van der Waals surface area contributed by atoms with Crippen molar-refractivity contribution in [3.8, 4) is 28.7 Å². The molecule has 0 bridgehead atoms. The molecule has 3 aliphatic rings. The van der Waals surface area contributed by atoms with Crippen LogP contribution >= 0.6 is 0 Å². The van der Waals surface area contributed by atoms with Crippen LogP contribution in [0.4, 0.5) is 11.4 Å². The molecule has 1 N–H and O–H groups in total. The molecular formula is C38H34N2O8. The molecule has 4 aromatic rings. The van der Waals surface area contributed by atoms with E-state index in [1.165, 1.54) is 35.5 Å². The number of carbonyl (C=O) groups excluding carboxylic acids is 3. The minimum absolute atomic E-state index is 0.202.